The van der Waals surface area contributed by atoms with E-state index in [0.717, 1.165) is 25.2 Å². The Morgan fingerprint density at radius 3 is 2.32 bits per heavy atom. The van der Waals surface area contributed by atoms with Crippen molar-refractivity contribution in [2.75, 3.05) is 27.2 Å². The summed E-state index contributed by atoms with van der Waals surface area (Å²) in [4.78, 5) is 15.0. The van der Waals surface area contributed by atoms with Gasteiger partial charge in [0.05, 0.1) is 4.92 Å². The van der Waals surface area contributed by atoms with Gasteiger partial charge in [0, 0.05) is 24.7 Å². The van der Waals surface area contributed by atoms with Crippen LogP contribution in [0.2, 0.25) is 0 Å². The van der Waals surface area contributed by atoms with Crippen molar-refractivity contribution in [3.05, 3.63) is 39.9 Å². The van der Waals surface area contributed by atoms with Gasteiger partial charge in [0.25, 0.3) is 5.69 Å². The molecule has 0 atom stereocenters. The molecule has 0 saturated carbocycles. The number of nitro benzene ring substituents is 1. The molecule has 5 heteroatoms. The first-order valence-corrected chi connectivity index (χ1v) is 6.68. The minimum Gasteiger partial charge on any atom is -0.306 e. The molecule has 0 unspecified atom stereocenters. The molecule has 0 amide bonds. The highest BCUT2D eigenvalue weighted by Crippen LogP contribution is 2.18. The SMILES string of the molecule is CN(C)C1CCN(Cc2ccc([N+](=O)[O-])cc2)CC1. The largest absolute Gasteiger partial charge is 0.306 e. The third-order valence-electron chi connectivity index (χ3n) is 3.84. The molecule has 104 valence electrons. The number of benzene rings is 1. The van der Waals surface area contributed by atoms with Gasteiger partial charge in [0.1, 0.15) is 0 Å². The lowest BCUT2D eigenvalue weighted by atomic mass is 10.0. The third kappa shape index (κ3) is 3.75. The van der Waals surface area contributed by atoms with Crippen molar-refractivity contribution in [1.82, 2.24) is 9.80 Å². The number of rotatable bonds is 4. The lowest BCUT2D eigenvalue weighted by Crippen LogP contribution is -2.41. The van der Waals surface area contributed by atoms with Crippen molar-refractivity contribution in [1.29, 1.82) is 0 Å². The predicted molar refractivity (Wildman–Crippen MR) is 75.1 cm³/mol. The molecule has 1 aliphatic heterocycles. The lowest BCUT2D eigenvalue weighted by Gasteiger charge is -2.35. The minimum atomic E-state index is -0.355. The van der Waals surface area contributed by atoms with E-state index in [0.29, 0.717) is 6.04 Å². The van der Waals surface area contributed by atoms with E-state index >= 15 is 0 Å². The van der Waals surface area contributed by atoms with E-state index in [2.05, 4.69) is 23.9 Å². The first-order valence-electron chi connectivity index (χ1n) is 6.68. The van der Waals surface area contributed by atoms with Gasteiger partial charge in [-0.15, -0.1) is 0 Å². The Labute approximate surface area is 114 Å². The van der Waals surface area contributed by atoms with E-state index < -0.39 is 0 Å². The Morgan fingerprint density at radius 1 is 1.26 bits per heavy atom. The molecule has 0 spiro atoms. The van der Waals surface area contributed by atoms with Crippen LogP contribution >= 0.6 is 0 Å². The molecular formula is C14H21N3O2. The fourth-order valence-electron chi connectivity index (χ4n) is 2.58. The van der Waals surface area contributed by atoms with E-state index in [1.54, 1.807) is 12.1 Å². The summed E-state index contributed by atoms with van der Waals surface area (Å²) in [5.74, 6) is 0. The summed E-state index contributed by atoms with van der Waals surface area (Å²) in [6.45, 7) is 3.08. The average Bonchev–Trinajstić information content (AvgIpc) is 2.40. The maximum absolute atomic E-state index is 10.6. The van der Waals surface area contributed by atoms with Crippen LogP contribution in [0.4, 0.5) is 5.69 Å². The lowest BCUT2D eigenvalue weighted by molar-refractivity contribution is -0.384. The number of piperidine rings is 1. The molecule has 0 aliphatic carbocycles. The van der Waals surface area contributed by atoms with Crippen LogP contribution in [0.5, 0.6) is 0 Å². The fraction of sp³-hybridized carbons (Fsp3) is 0.571. The Balaban J connectivity index is 1.87. The highest BCUT2D eigenvalue weighted by molar-refractivity contribution is 5.32. The van der Waals surface area contributed by atoms with Gasteiger partial charge in [-0.1, -0.05) is 12.1 Å². The minimum absolute atomic E-state index is 0.162. The van der Waals surface area contributed by atoms with Crippen LogP contribution in [0, 0.1) is 10.1 Å². The second-order valence-electron chi connectivity index (χ2n) is 5.39. The third-order valence-corrected chi connectivity index (χ3v) is 3.84. The summed E-state index contributed by atoms with van der Waals surface area (Å²) < 4.78 is 0. The maximum atomic E-state index is 10.6. The molecule has 1 aromatic rings. The van der Waals surface area contributed by atoms with Crippen molar-refractivity contribution < 1.29 is 4.92 Å². The first kappa shape index (κ1) is 14.0. The fourth-order valence-corrected chi connectivity index (χ4v) is 2.58. The molecule has 0 bridgehead atoms. The average molecular weight is 263 g/mol. The highest BCUT2D eigenvalue weighted by atomic mass is 16.6. The molecule has 1 fully saturated rings. The monoisotopic (exact) mass is 263 g/mol. The van der Waals surface area contributed by atoms with E-state index in [9.17, 15) is 10.1 Å². The van der Waals surface area contributed by atoms with Gasteiger partial charge in [-0.05, 0) is 45.6 Å². The summed E-state index contributed by atoms with van der Waals surface area (Å²) in [5, 5.41) is 10.6. The molecule has 19 heavy (non-hydrogen) atoms. The summed E-state index contributed by atoms with van der Waals surface area (Å²) >= 11 is 0. The van der Waals surface area contributed by atoms with E-state index in [4.69, 9.17) is 0 Å². The van der Waals surface area contributed by atoms with Crippen molar-refractivity contribution >= 4 is 5.69 Å². The quantitative estimate of drug-likeness (QED) is 0.617. The van der Waals surface area contributed by atoms with E-state index in [-0.39, 0.29) is 10.6 Å². The summed E-state index contributed by atoms with van der Waals surface area (Å²) in [6.07, 6.45) is 2.39. The molecule has 1 heterocycles. The normalized spacial score (nSPS) is 17.8. The zero-order chi connectivity index (χ0) is 13.8. The molecule has 0 radical (unpaired) electrons. The van der Waals surface area contributed by atoms with Gasteiger partial charge in [0.2, 0.25) is 0 Å². The molecule has 1 saturated heterocycles. The standard InChI is InChI=1S/C14H21N3O2/c1-15(2)13-7-9-16(10-8-13)11-12-3-5-14(6-4-12)17(18)19/h3-6,13H,7-11H2,1-2H3. The molecule has 2 rings (SSSR count). The molecule has 0 N–H and O–H groups in total. The van der Waals surface area contributed by atoms with Crippen LogP contribution in [-0.4, -0.2) is 47.9 Å². The first-order chi connectivity index (χ1) is 9.06. The summed E-state index contributed by atoms with van der Waals surface area (Å²) in [5.41, 5.74) is 1.31. The predicted octanol–water partition coefficient (Wildman–Crippen LogP) is 2.12. The Hall–Kier alpha value is -1.46. The zero-order valence-electron chi connectivity index (χ0n) is 11.6. The van der Waals surface area contributed by atoms with Gasteiger partial charge in [-0.3, -0.25) is 15.0 Å². The summed E-state index contributed by atoms with van der Waals surface area (Å²) in [6, 6.07) is 7.57. The second-order valence-corrected chi connectivity index (χ2v) is 5.39. The van der Waals surface area contributed by atoms with Crippen LogP contribution in [0.3, 0.4) is 0 Å². The second kappa shape index (κ2) is 6.12. The Bertz CT molecular complexity index is 423. The van der Waals surface area contributed by atoms with Gasteiger partial charge in [0.15, 0.2) is 0 Å². The number of hydrogen-bond donors (Lipinski definition) is 0. The smallest absolute Gasteiger partial charge is 0.269 e. The van der Waals surface area contributed by atoms with Crippen molar-refractivity contribution in [3.63, 3.8) is 0 Å². The van der Waals surface area contributed by atoms with Gasteiger partial charge < -0.3 is 4.90 Å². The Morgan fingerprint density at radius 2 is 1.84 bits per heavy atom. The number of nitro groups is 1. The van der Waals surface area contributed by atoms with Crippen molar-refractivity contribution in [2.24, 2.45) is 0 Å². The number of likely N-dealkylation sites (tertiary alicyclic amines) is 1. The van der Waals surface area contributed by atoms with Crippen LogP contribution in [0.25, 0.3) is 0 Å². The molecule has 1 aliphatic rings. The van der Waals surface area contributed by atoms with Crippen molar-refractivity contribution in [2.45, 2.75) is 25.4 Å². The molecule has 1 aromatic carbocycles. The topological polar surface area (TPSA) is 49.6 Å². The van der Waals surface area contributed by atoms with Crippen LogP contribution < -0.4 is 0 Å². The van der Waals surface area contributed by atoms with Gasteiger partial charge in [-0.25, -0.2) is 0 Å². The Kier molecular flexibility index (Phi) is 4.50. The van der Waals surface area contributed by atoms with E-state index in [1.165, 1.54) is 12.8 Å². The maximum Gasteiger partial charge on any atom is 0.269 e. The van der Waals surface area contributed by atoms with Crippen LogP contribution in [-0.2, 0) is 6.54 Å². The summed E-state index contributed by atoms with van der Waals surface area (Å²) in [7, 11) is 4.27. The molecule has 5 nitrogen and oxygen atoms in total. The molecule has 0 aromatic heterocycles. The van der Waals surface area contributed by atoms with E-state index in [1.807, 2.05) is 12.1 Å². The van der Waals surface area contributed by atoms with Crippen molar-refractivity contribution in [3.8, 4) is 0 Å². The van der Waals surface area contributed by atoms with Gasteiger partial charge >= 0.3 is 0 Å². The number of hydrogen-bond acceptors (Lipinski definition) is 4. The highest BCUT2D eigenvalue weighted by Gasteiger charge is 2.20. The number of nitrogens with zero attached hydrogens (tertiary/aromatic N) is 3. The zero-order valence-corrected chi connectivity index (χ0v) is 11.6. The molecular weight excluding hydrogens is 242 g/mol. The van der Waals surface area contributed by atoms with Crippen LogP contribution in [0.1, 0.15) is 18.4 Å². The van der Waals surface area contributed by atoms with Gasteiger partial charge in [-0.2, -0.15) is 0 Å². The number of non-ortho nitro benzene ring substituents is 1. The van der Waals surface area contributed by atoms with Crippen LogP contribution in [0.15, 0.2) is 24.3 Å².